The van der Waals surface area contributed by atoms with Gasteiger partial charge in [0.1, 0.15) is 12.1 Å². The molecule has 1 saturated carbocycles. The van der Waals surface area contributed by atoms with Gasteiger partial charge in [-0.05, 0) is 30.6 Å². The Hall–Kier alpha value is -3.04. The molecule has 0 amide bonds. The predicted octanol–water partition coefficient (Wildman–Crippen LogP) is 3.48. The summed E-state index contributed by atoms with van der Waals surface area (Å²) < 4.78 is 7.34. The first-order chi connectivity index (χ1) is 15.7. The van der Waals surface area contributed by atoms with Crippen LogP contribution < -0.4 is 4.90 Å². The quantitative estimate of drug-likeness (QED) is 0.438. The first-order valence-corrected chi connectivity index (χ1v) is 11.6. The summed E-state index contributed by atoms with van der Waals surface area (Å²) in [4.78, 5) is 13.7. The molecule has 0 atom stereocenters. The number of hydrogen-bond acceptors (Lipinski definition) is 6. The molecule has 0 N–H and O–H groups in total. The zero-order valence-electron chi connectivity index (χ0n) is 18.1. The number of nitrogens with zero attached hydrogens (tertiary/aromatic N) is 8. The van der Waals surface area contributed by atoms with Crippen LogP contribution in [0.4, 0.5) is 5.82 Å². The van der Waals surface area contributed by atoms with E-state index in [1.807, 2.05) is 13.2 Å². The molecule has 3 aromatic heterocycles. The molecule has 6 rings (SSSR count). The summed E-state index contributed by atoms with van der Waals surface area (Å²) in [5, 5.41) is 5.36. The number of fused-ring (bicyclic) bond motifs is 1. The molecule has 0 spiro atoms. The third-order valence-corrected chi connectivity index (χ3v) is 6.93. The van der Waals surface area contributed by atoms with E-state index in [1.54, 1.807) is 11.0 Å². The normalized spacial score (nSPS) is 17.3. The van der Waals surface area contributed by atoms with Crippen LogP contribution in [0.3, 0.4) is 0 Å². The minimum atomic E-state index is 0.551. The minimum absolute atomic E-state index is 0.551. The number of rotatable bonds is 5. The van der Waals surface area contributed by atoms with Crippen LogP contribution in [0.15, 0.2) is 49.1 Å². The van der Waals surface area contributed by atoms with Crippen molar-refractivity contribution in [1.29, 1.82) is 0 Å². The van der Waals surface area contributed by atoms with Crippen LogP contribution in [0.1, 0.15) is 18.9 Å². The summed E-state index contributed by atoms with van der Waals surface area (Å²) in [5.41, 5.74) is 3.34. The van der Waals surface area contributed by atoms with Crippen molar-refractivity contribution in [2.45, 2.75) is 25.6 Å². The van der Waals surface area contributed by atoms with Gasteiger partial charge in [0.05, 0.1) is 23.9 Å². The van der Waals surface area contributed by atoms with E-state index in [-0.39, 0.29) is 0 Å². The van der Waals surface area contributed by atoms with Crippen LogP contribution >= 0.6 is 12.2 Å². The largest absolute Gasteiger partial charge is 0.353 e. The topological polar surface area (TPSA) is 59.9 Å². The Labute approximate surface area is 191 Å². The molecule has 1 aromatic carbocycles. The second-order valence-electron chi connectivity index (χ2n) is 8.68. The van der Waals surface area contributed by atoms with Gasteiger partial charge in [0, 0.05) is 45.5 Å². The molecule has 9 heteroatoms. The van der Waals surface area contributed by atoms with Gasteiger partial charge in [0.25, 0.3) is 0 Å². The summed E-state index contributed by atoms with van der Waals surface area (Å²) in [6.45, 7) is 4.58. The Balaban J connectivity index is 1.20. The summed E-state index contributed by atoms with van der Waals surface area (Å²) in [6.07, 6.45) is 8.18. The van der Waals surface area contributed by atoms with Gasteiger partial charge in [0.2, 0.25) is 0 Å². The monoisotopic (exact) mass is 446 g/mol. The van der Waals surface area contributed by atoms with Crippen LogP contribution in [0, 0.1) is 4.77 Å². The lowest BCUT2D eigenvalue weighted by molar-refractivity contribution is 0.204. The van der Waals surface area contributed by atoms with Gasteiger partial charge in [-0.15, -0.1) is 0 Å². The highest BCUT2D eigenvalue weighted by molar-refractivity contribution is 7.71. The third-order valence-electron chi connectivity index (χ3n) is 6.50. The maximum Gasteiger partial charge on any atom is 0.181 e. The first-order valence-electron chi connectivity index (χ1n) is 11.2. The minimum Gasteiger partial charge on any atom is -0.353 e. The van der Waals surface area contributed by atoms with Crippen LogP contribution in [-0.2, 0) is 13.7 Å². The van der Waals surface area contributed by atoms with Crippen molar-refractivity contribution in [2.75, 3.05) is 31.1 Å². The molecule has 2 aliphatic rings. The Bertz CT molecular complexity index is 1310. The molecule has 1 aliphatic carbocycles. The van der Waals surface area contributed by atoms with Gasteiger partial charge >= 0.3 is 0 Å². The first kappa shape index (κ1) is 19.6. The van der Waals surface area contributed by atoms with Crippen molar-refractivity contribution in [3.8, 4) is 11.3 Å². The van der Waals surface area contributed by atoms with Crippen molar-refractivity contribution in [3.05, 3.63) is 53.8 Å². The average molecular weight is 447 g/mol. The summed E-state index contributed by atoms with van der Waals surface area (Å²) in [5.74, 6) is 0.977. The highest BCUT2D eigenvalue weighted by atomic mass is 32.1. The molecule has 164 valence electrons. The Morgan fingerprint density at radius 3 is 2.56 bits per heavy atom. The average Bonchev–Trinajstić information content (AvgIpc) is 3.52. The maximum atomic E-state index is 5.92. The zero-order chi connectivity index (χ0) is 21.7. The molecule has 0 radical (unpaired) electrons. The maximum absolute atomic E-state index is 5.92. The molecule has 8 nitrogen and oxygen atoms in total. The van der Waals surface area contributed by atoms with E-state index in [2.05, 4.69) is 70.5 Å². The summed E-state index contributed by atoms with van der Waals surface area (Å²) in [6, 6.07) is 11.2. The smallest absolute Gasteiger partial charge is 0.181 e. The highest BCUT2D eigenvalue weighted by Crippen LogP contribution is 2.39. The number of anilines is 1. The number of hydrogen-bond donors (Lipinski definition) is 0. The fourth-order valence-electron chi connectivity index (χ4n) is 4.63. The van der Waals surface area contributed by atoms with Crippen molar-refractivity contribution in [2.24, 2.45) is 7.05 Å². The predicted molar refractivity (Wildman–Crippen MR) is 127 cm³/mol. The molecular weight excluding hydrogens is 420 g/mol. The number of benzene rings is 1. The van der Waals surface area contributed by atoms with Crippen molar-refractivity contribution >= 4 is 29.1 Å². The van der Waals surface area contributed by atoms with Crippen LogP contribution in [0.5, 0.6) is 0 Å². The number of aromatic nitrogens is 6. The second-order valence-corrected chi connectivity index (χ2v) is 9.05. The SMILES string of the molecule is Cn1ncc2c(N3CCN(Cn4cc(-c5ccccc5)n(C5CC5)c4=S)CC3)ncnc21. The Kier molecular flexibility index (Phi) is 4.80. The molecule has 4 aromatic rings. The molecule has 1 aliphatic heterocycles. The Morgan fingerprint density at radius 1 is 1.03 bits per heavy atom. The highest BCUT2D eigenvalue weighted by Gasteiger charge is 2.28. The molecule has 32 heavy (non-hydrogen) atoms. The van der Waals surface area contributed by atoms with Crippen LogP contribution in [-0.4, -0.2) is 60.0 Å². The Morgan fingerprint density at radius 2 is 1.81 bits per heavy atom. The van der Waals surface area contributed by atoms with E-state index in [4.69, 9.17) is 12.2 Å². The van der Waals surface area contributed by atoms with Crippen molar-refractivity contribution in [1.82, 2.24) is 33.8 Å². The number of aryl methyl sites for hydroxylation is 1. The van der Waals surface area contributed by atoms with E-state index in [0.29, 0.717) is 6.04 Å². The fraction of sp³-hybridized carbons (Fsp3) is 0.391. The van der Waals surface area contributed by atoms with E-state index in [9.17, 15) is 0 Å². The van der Waals surface area contributed by atoms with Gasteiger partial charge in [0.15, 0.2) is 10.4 Å². The van der Waals surface area contributed by atoms with Gasteiger partial charge in [-0.25, -0.2) is 9.97 Å². The molecule has 0 unspecified atom stereocenters. The van der Waals surface area contributed by atoms with E-state index >= 15 is 0 Å². The van der Waals surface area contributed by atoms with E-state index < -0.39 is 0 Å². The van der Waals surface area contributed by atoms with Crippen molar-refractivity contribution in [3.63, 3.8) is 0 Å². The summed E-state index contributed by atoms with van der Waals surface area (Å²) >= 11 is 5.92. The lowest BCUT2D eigenvalue weighted by atomic mass is 10.2. The van der Waals surface area contributed by atoms with Crippen LogP contribution in [0.25, 0.3) is 22.3 Å². The molecule has 0 bridgehead atoms. The van der Waals surface area contributed by atoms with E-state index in [0.717, 1.165) is 54.5 Å². The molecule has 4 heterocycles. The standard InChI is InChI=1S/C23H26N8S/c1-27-21-19(13-26-27)22(25-15-24-21)29-11-9-28(10-12-29)16-30-14-20(17-5-3-2-4-6-17)31(23(30)32)18-7-8-18/h2-6,13-15,18H,7-12,16H2,1H3. The van der Waals surface area contributed by atoms with Gasteiger partial charge in [-0.3, -0.25) is 9.58 Å². The van der Waals surface area contributed by atoms with Crippen LogP contribution in [0.2, 0.25) is 0 Å². The van der Waals surface area contributed by atoms with Gasteiger partial charge < -0.3 is 14.0 Å². The fourth-order valence-corrected chi connectivity index (χ4v) is 4.99. The molecule has 1 saturated heterocycles. The molecular formula is C23H26N8S. The lowest BCUT2D eigenvalue weighted by Crippen LogP contribution is -2.47. The molecule has 2 fully saturated rings. The number of piperazine rings is 1. The lowest BCUT2D eigenvalue weighted by Gasteiger charge is -2.35. The summed E-state index contributed by atoms with van der Waals surface area (Å²) in [7, 11) is 1.91. The van der Waals surface area contributed by atoms with E-state index in [1.165, 1.54) is 24.1 Å². The zero-order valence-corrected chi connectivity index (χ0v) is 18.9. The van der Waals surface area contributed by atoms with Crippen molar-refractivity contribution < 1.29 is 0 Å². The second kappa shape index (κ2) is 7.83. The third kappa shape index (κ3) is 3.41. The van der Waals surface area contributed by atoms with Gasteiger partial charge in [-0.2, -0.15) is 5.10 Å². The number of imidazole rings is 1. The van der Waals surface area contributed by atoms with Gasteiger partial charge in [-0.1, -0.05) is 30.3 Å².